The number of hydrogen-bond donors (Lipinski definition) is 1. The number of rotatable bonds is 2. The molecule has 1 aliphatic rings. The third-order valence-corrected chi connectivity index (χ3v) is 1.62. The Bertz CT molecular complexity index is 220. The first-order valence-electron chi connectivity index (χ1n) is 3.60. The lowest BCUT2D eigenvalue weighted by atomic mass is 10.3. The van der Waals surface area contributed by atoms with Gasteiger partial charge in [0.25, 0.3) is 0 Å². The quantitative estimate of drug-likeness (QED) is 0.416. The van der Waals surface area contributed by atoms with Gasteiger partial charge >= 0.3 is 5.97 Å². The van der Waals surface area contributed by atoms with E-state index in [9.17, 15) is 14.4 Å². The number of carbonyl (C=O) groups excluding carboxylic acids is 3. The molecule has 0 aliphatic heterocycles. The highest BCUT2D eigenvalue weighted by molar-refractivity contribution is 6.12. The number of carbonyl (C=O) groups is 3. The fourth-order valence-corrected chi connectivity index (χ4v) is 0.999. The zero-order chi connectivity index (χ0) is 9.14. The van der Waals surface area contributed by atoms with Crippen molar-refractivity contribution in [2.24, 2.45) is 5.73 Å². The number of nitrogens with two attached hydrogens (primary N) is 1. The fourth-order valence-electron chi connectivity index (χ4n) is 0.999. The first kappa shape index (κ1) is 8.86. The van der Waals surface area contributed by atoms with Crippen LogP contribution in [0.15, 0.2) is 0 Å². The van der Waals surface area contributed by atoms with Gasteiger partial charge in [0, 0.05) is 12.8 Å². The predicted octanol–water partition coefficient (Wildman–Crippen LogP) is -1.21. The summed E-state index contributed by atoms with van der Waals surface area (Å²) in [6.07, 6.45) is -0.844. The molecule has 0 unspecified atom stereocenters. The molecule has 0 heterocycles. The molecule has 0 amide bonds. The van der Waals surface area contributed by atoms with Crippen LogP contribution in [0.4, 0.5) is 0 Å². The number of ether oxygens (including phenoxy) is 1. The molecule has 0 aromatic heterocycles. The minimum Gasteiger partial charge on any atom is -0.445 e. The van der Waals surface area contributed by atoms with E-state index in [1.165, 1.54) is 0 Å². The van der Waals surface area contributed by atoms with E-state index in [1.54, 1.807) is 0 Å². The van der Waals surface area contributed by atoms with Crippen molar-refractivity contribution in [2.45, 2.75) is 18.9 Å². The molecular weight excluding hydrogens is 162 g/mol. The maximum Gasteiger partial charge on any atom is 0.320 e. The van der Waals surface area contributed by atoms with Crippen LogP contribution in [-0.4, -0.2) is 30.2 Å². The Hall–Kier alpha value is -1.23. The van der Waals surface area contributed by atoms with Gasteiger partial charge in [-0.15, -0.1) is 0 Å². The van der Waals surface area contributed by atoms with E-state index in [-0.39, 0.29) is 31.0 Å². The van der Waals surface area contributed by atoms with Gasteiger partial charge in [0.05, 0.1) is 6.54 Å². The molecule has 0 bridgehead atoms. The van der Waals surface area contributed by atoms with Crippen LogP contribution in [-0.2, 0) is 19.1 Å². The average Bonchev–Trinajstić information content (AvgIpc) is 2.35. The van der Waals surface area contributed by atoms with E-state index in [4.69, 9.17) is 5.73 Å². The van der Waals surface area contributed by atoms with E-state index in [0.717, 1.165) is 0 Å². The summed E-state index contributed by atoms with van der Waals surface area (Å²) in [6, 6.07) is 0. The average molecular weight is 171 g/mol. The first-order valence-corrected chi connectivity index (χ1v) is 3.60. The van der Waals surface area contributed by atoms with Gasteiger partial charge in [-0.05, 0) is 0 Å². The lowest BCUT2D eigenvalue weighted by Gasteiger charge is -2.06. The van der Waals surface area contributed by atoms with Crippen molar-refractivity contribution in [2.75, 3.05) is 6.54 Å². The zero-order valence-electron chi connectivity index (χ0n) is 6.41. The van der Waals surface area contributed by atoms with Gasteiger partial charge in [-0.1, -0.05) is 0 Å². The Balaban J connectivity index is 2.56. The molecule has 1 aliphatic carbocycles. The van der Waals surface area contributed by atoms with Gasteiger partial charge in [0.15, 0.2) is 11.6 Å². The maximum absolute atomic E-state index is 10.9. The number of esters is 1. The lowest BCUT2D eigenvalue weighted by molar-refractivity contribution is -0.156. The van der Waals surface area contributed by atoms with Crippen LogP contribution in [0.5, 0.6) is 0 Å². The summed E-state index contributed by atoms with van der Waals surface area (Å²) in [5.74, 6) is -1.38. The van der Waals surface area contributed by atoms with Gasteiger partial charge < -0.3 is 10.5 Å². The monoisotopic (exact) mass is 171 g/mol. The molecule has 0 saturated heterocycles. The summed E-state index contributed by atoms with van der Waals surface area (Å²) in [4.78, 5) is 32.4. The van der Waals surface area contributed by atoms with Crippen LogP contribution >= 0.6 is 0 Å². The summed E-state index contributed by atoms with van der Waals surface area (Å²) < 4.78 is 4.52. The molecule has 1 rings (SSSR count). The summed E-state index contributed by atoms with van der Waals surface area (Å²) in [7, 11) is 0. The highest BCUT2D eigenvalue weighted by Crippen LogP contribution is 2.13. The number of hydrogen-bond acceptors (Lipinski definition) is 5. The highest BCUT2D eigenvalue weighted by atomic mass is 16.6. The second-order valence-corrected chi connectivity index (χ2v) is 2.51. The van der Waals surface area contributed by atoms with Crippen molar-refractivity contribution in [3.8, 4) is 0 Å². The highest BCUT2D eigenvalue weighted by Gasteiger charge is 2.35. The van der Waals surface area contributed by atoms with Crippen molar-refractivity contribution in [1.82, 2.24) is 0 Å². The molecule has 5 heteroatoms. The Kier molecular flexibility index (Phi) is 2.54. The fraction of sp³-hybridized carbons (Fsp3) is 0.571. The second-order valence-electron chi connectivity index (χ2n) is 2.51. The van der Waals surface area contributed by atoms with Crippen molar-refractivity contribution in [1.29, 1.82) is 0 Å². The molecule has 12 heavy (non-hydrogen) atoms. The molecule has 66 valence electrons. The maximum atomic E-state index is 10.9. The third-order valence-electron chi connectivity index (χ3n) is 1.62. The topological polar surface area (TPSA) is 86.5 Å². The van der Waals surface area contributed by atoms with Crippen LogP contribution in [0, 0.1) is 0 Å². The summed E-state index contributed by atoms with van der Waals surface area (Å²) in [5.41, 5.74) is 4.94. The van der Waals surface area contributed by atoms with E-state index in [2.05, 4.69) is 4.74 Å². The largest absolute Gasteiger partial charge is 0.445 e. The van der Waals surface area contributed by atoms with Crippen LogP contribution in [0.1, 0.15) is 12.8 Å². The predicted molar refractivity (Wildman–Crippen MR) is 38.2 cm³/mol. The minimum absolute atomic E-state index is 0.168. The van der Waals surface area contributed by atoms with E-state index in [1.807, 2.05) is 0 Å². The number of Topliss-reactive ketones (excluding diaryl/α,β-unsaturated/α-hetero) is 2. The van der Waals surface area contributed by atoms with Gasteiger partial charge in [-0.25, -0.2) is 0 Å². The van der Waals surface area contributed by atoms with Crippen LogP contribution < -0.4 is 5.73 Å². The Labute approximate surface area is 68.9 Å². The van der Waals surface area contributed by atoms with Crippen molar-refractivity contribution in [3.63, 3.8) is 0 Å². The minimum atomic E-state index is -1.18. The van der Waals surface area contributed by atoms with Gasteiger partial charge in [0.1, 0.15) is 0 Å². The molecule has 0 radical (unpaired) electrons. The smallest absolute Gasteiger partial charge is 0.320 e. The van der Waals surface area contributed by atoms with Gasteiger partial charge in [0.2, 0.25) is 6.10 Å². The summed E-state index contributed by atoms with van der Waals surface area (Å²) >= 11 is 0. The van der Waals surface area contributed by atoms with Crippen LogP contribution in [0.25, 0.3) is 0 Å². The summed E-state index contributed by atoms with van der Waals surface area (Å²) in [5, 5.41) is 0. The Morgan fingerprint density at radius 1 is 1.42 bits per heavy atom. The van der Waals surface area contributed by atoms with E-state index >= 15 is 0 Å². The normalized spacial score (nSPS) is 18.4. The third kappa shape index (κ3) is 1.68. The molecule has 1 saturated carbocycles. The van der Waals surface area contributed by atoms with Crippen LogP contribution in [0.2, 0.25) is 0 Å². The molecule has 0 aromatic rings. The SMILES string of the molecule is NCC(=O)OC1C(=O)CCC1=O. The molecule has 1 fully saturated rings. The molecular formula is C7H9NO4. The second kappa shape index (κ2) is 3.44. The van der Waals surface area contributed by atoms with Crippen LogP contribution in [0.3, 0.4) is 0 Å². The van der Waals surface area contributed by atoms with Gasteiger partial charge in [-0.2, -0.15) is 0 Å². The Morgan fingerprint density at radius 2 is 1.92 bits per heavy atom. The summed E-state index contributed by atoms with van der Waals surface area (Å²) in [6.45, 7) is -0.308. The first-order chi connectivity index (χ1) is 5.65. The molecule has 0 atom stereocenters. The lowest BCUT2D eigenvalue weighted by Crippen LogP contribution is -2.31. The van der Waals surface area contributed by atoms with Crippen molar-refractivity contribution < 1.29 is 19.1 Å². The molecule has 0 aromatic carbocycles. The molecule has 2 N–H and O–H groups in total. The zero-order valence-corrected chi connectivity index (χ0v) is 6.41. The van der Waals surface area contributed by atoms with Crippen molar-refractivity contribution >= 4 is 17.5 Å². The standard InChI is InChI=1S/C7H9NO4/c8-3-6(11)12-7-4(9)1-2-5(7)10/h7H,1-3,8H2. The van der Waals surface area contributed by atoms with Gasteiger partial charge in [-0.3, -0.25) is 14.4 Å². The molecule has 5 nitrogen and oxygen atoms in total. The number of ketones is 2. The van der Waals surface area contributed by atoms with E-state index < -0.39 is 12.1 Å². The van der Waals surface area contributed by atoms with Crippen molar-refractivity contribution in [3.05, 3.63) is 0 Å². The van der Waals surface area contributed by atoms with E-state index in [0.29, 0.717) is 0 Å². The Morgan fingerprint density at radius 3 is 2.33 bits per heavy atom. The molecule has 0 spiro atoms.